The molecule has 0 radical (unpaired) electrons. The van der Waals surface area contributed by atoms with Crippen molar-refractivity contribution in [2.45, 2.75) is 13.0 Å². The van der Waals surface area contributed by atoms with Crippen molar-refractivity contribution in [1.82, 2.24) is 10.2 Å². The Balaban J connectivity index is 1.68. The minimum Gasteiger partial charge on any atom is -0.493 e. The molecule has 0 saturated heterocycles. The molecule has 0 aromatic heterocycles. The Hall–Kier alpha value is -3.15. The number of rotatable bonds is 6. The van der Waals surface area contributed by atoms with E-state index in [-0.39, 0.29) is 0 Å². The number of methoxy groups -OCH3 is 3. The van der Waals surface area contributed by atoms with Gasteiger partial charge in [0.25, 0.3) is 0 Å². The van der Waals surface area contributed by atoms with Gasteiger partial charge in [-0.15, -0.1) is 0 Å². The zero-order valence-electron chi connectivity index (χ0n) is 17.6. The quantitative estimate of drug-likeness (QED) is 0.599. The molecule has 2 aromatic rings. The molecule has 0 atom stereocenters. The standard InChI is InChI=1S/C23H29N3O3/c1-24-23(26-14-12-18(13-15-26)17-8-6-5-7-9-17)25-16-19-10-11-20(27-2)22(29-4)21(19)28-3/h5-12H,13-16H2,1-4H3,(H,24,25). The van der Waals surface area contributed by atoms with E-state index in [9.17, 15) is 0 Å². The lowest BCUT2D eigenvalue weighted by Crippen LogP contribution is -2.43. The van der Waals surface area contributed by atoms with Crippen molar-refractivity contribution in [3.8, 4) is 17.2 Å². The molecular weight excluding hydrogens is 366 g/mol. The SMILES string of the molecule is CN=C(NCc1ccc(OC)c(OC)c1OC)N1CC=C(c2ccccc2)CC1. The molecule has 0 amide bonds. The molecule has 2 aromatic carbocycles. The minimum absolute atomic E-state index is 0.571. The van der Waals surface area contributed by atoms with Crippen LogP contribution in [0.2, 0.25) is 0 Å². The third kappa shape index (κ3) is 4.65. The van der Waals surface area contributed by atoms with Gasteiger partial charge >= 0.3 is 0 Å². The van der Waals surface area contributed by atoms with Crippen molar-refractivity contribution in [3.63, 3.8) is 0 Å². The van der Waals surface area contributed by atoms with Crippen LogP contribution in [-0.4, -0.2) is 52.3 Å². The third-order valence-electron chi connectivity index (χ3n) is 5.09. The number of benzene rings is 2. The largest absolute Gasteiger partial charge is 0.493 e. The summed E-state index contributed by atoms with van der Waals surface area (Å²) in [4.78, 5) is 6.71. The van der Waals surface area contributed by atoms with Crippen molar-refractivity contribution in [1.29, 1.82) is 0 Å². The third-order valence-corrected chi connectivity index (χ3v) is 5.09. The van der Waals surface area contributed by atoms with Crippen LogP contribution in [-0.2, 0) is 6.54 Å². The number of ether oxygens (including phenoxy) is 3. The highest BCUT2D eigenvalue weighted by molar-refractivity contribution is 5.81. The summed E-state index contributed by atoms with van der Waals surface area (Å²) in [6.45, 7) is 2.32. The predicted molar refractivity (Wildman–Crippen MR) is 117 cm³/mol. The monoisotopic (exact) mass is 395 g/mol. The molecule has 154 valence electrons. The van der Waals surface area contributed by atoms with E-state index in [4.69, 9.17) is 14.2 Å². The molecule has 0 spiro atoms. The van der Waals surface area contributed by atoms with Gasteiger partial charge in [-0.25, -0.2) is 0 Å². The number of hydrogen-bond donors (Lipinski definition) is 1. The van der Waals surface area contributed by atoms with E-state index in [2.05, 4.69) is 45.6 Å². The Labute approximate surface area is 172 Å². The smallest absolute Gasteiger partial charge is 0.203 e. The lowest BCUT2D eigenvalue weighted by molar-refractivity contribution is 0.322. The maximum atomic E-state index is 5.58. The fraction of sp³-hybridized carbons (Fsp3) is 0.348. The lowest BCUT2D eigenvalue weighted by atomic mass is 10.00. The normalized spacial score (nSPS) is 14.3. The van der Waals surface area contributed by atoms with Gasteiger partial charge in [0.15, 0.2) is 17.5 Å². The van der Waals surface area contributed by atoms with Crippen LogP contribution in [0.15, 0.2) is 53.5 Å². The van der Waals surface area contributed by atoms with Gasteiger partial charge in [-0.2, -0.15) is 0 Å². The van der Waals surface area contributed by atoms with Crippen molar-refractivity contribution < 1.29 is 14.2 Å². The second-order valence-electron chi connectivity index (χ2n) is 6.69. The van der Waals surface area contributed by atoms with Crippen LogP contribution in [0.25, 0.3) is 5.57 Å². The highest BCUT2D eigenvalue weighted by atomic mass is 16.5. The molecule has 1 N–H and O–H groups in total. The van der Waals surface area contributed by atoms with Gasteiger partial charge in [-0.05, 0) is 29.7 Å². The first kappa shape index (κ1) is 20.6. The number of guanidine groups is 1. The van der Waals surface area contributed by atoms with Crippen LogP contribution < -0.4 is 19.5 Å². The van der Waals surface area contributed by atoms with Gasteiger partial charge in [0.2, 0.25) is 5.75 Å². The molecular formula is C23H29N3O3. The Morgan fingerprint density at radius 3 is 2.34 bits per heavy atom. The molecule has 3 rings (SSSR count). The Kier molecular flexibility index (Phi) is 7.00. The van der Waals surface area contributed by atoms with E-state index >= 15 is 0 Å². The maximum absolute atomic E-state index is 5.58. The summed E-state index contributed by atoms with van der Waals surface area (Å²) in [5.74, 6) is 2.77. The fourth-order valence-corrected chi connectivity index (χ4v) is 3.58. The van der Waals surface area contributed by atoms with Crippen molar-refractivity contribution >= 4 is 11.5 Å². The van der Waals surface area contributed by atoms with E-state index in [0.717, 1.165) is 31.0 Å². The van der Waals surface area contributed by atoms with Gasteiger partial charge in [0.05, 0.1) is 21.3 Å². The molecule has 1 aliphatic heterocycles. The van der Waals surface area contributed by atoms with Crippen LogP contribution in [0.3, 0.4) is 0 Å². The van der Waals surface area contributed by atoms with Crippen LogP contribution in [0.4, 0.5) is 0 Å². The zero-order chi connectivity index (χ0) is 20.6. The van der Waals surface area contributed by atoms with Gasteiger partial charge in [0, 0.05) is 32.2 Å². The average molecular weight is 396 g/mol. The summed E-state index contributed by atoms with van der Waals surface area (Å²) in [5.41, 5.74) is 3.66. The van der Waals surface area contributed by atoms with Crippen LogP contribution in [0.1, 0.15) is 17.5 Å². The van der Waals surface area contributed by atoms with Crippen LogP contribution >= 0.6 is 0 Å². The van der Waals surface area contributed by atoms with E-state index in [1.54, 1.807) is 21.3 Å². The Bertz CT molecular complexity index is 878. The Morgan fingerprint density at radius 2 is 1.76 bits per heavy atom. The Morgan fingerprint density at radius 1 is 1.00 bits per heavy atom. The molecule has 0 aliphatic carbocycles. The van der Waals surface area contributed by atoms with Crippen LogP contribution in [0.5, 0.6) is 17.2 Å². The molecule has 29 heavy (non-hydrogen) atoms. The zero-order valence-corrected chi connectivity index (χ0v) is 17.6. The van der Waals surface area contributed by atoms with E-state index in [1.165, 1.54) is 11.1 Å². The summed E-state index contributed by atoms with van der Waals surface area (Å²) >= 11 is 0. The highest BCUT2D eigenvalue weighted by Crippen LogP contribution is 2.39. The molecule has 6 nitrogen and oxygen atoms in total. The molecule has 0 saturated carbocycles. The average Bonchev–Trinajstić information content (AvgIpc) is 2.79. The summed E-state index contributed by atoms with van der Waals surface area (Å²) in [5, 5.41) is 3.44. The molecule has 0 fully saturated rings. The molecule has 6 heteroatoms. The maximum Gasteiger partial charge on any atom is 0.203 e. The first-order valence-corrected chi connectivity index (χ1v) is 9.69. The minimum atomic E-state index is 0.571. The number of hydrogen-bond acceptors (Lipinski definition) is 4. The fourth-order valence-electron chi connectivity index (χ4n) is 3.58. The molecule has 1 aliphatic rings. The van der Waals surface area contributed by atoms with E-state index in [1.807, 2.05) is 25.2 Å². The van der Waals surface area contributed by atoms with Crippen molar-refractivity contribution in [2.24, 2.45) is 4.99 Å². The van der Waals surface area contributed by atoms with Gasteiger partial charge in [-0.1, -0.05) is 36.4 Å². The molecule has 0 bridgehead atoms. The molecule has 1 heterocycles. The highest BCUT2D eigenvalue weighted by Gasteiger charge is 2.19. The summed E-state index contributed by atoms with van der Waals surface area (Å²) in [6, 6.07) is 14.4. The van der Waals surface area contributed by atoms with Gasteiger partial charge in [-0.3, -0.25) is 4.99 Å². The topological polar surface area (TPSA) is 55.3 Å². The van der Waals surface area contributed by atoms with Crippen molar-refractivity contribution in [3.05, 3.63) is 59.7 Å². The van der Waals surface area contributed by atoms with Gasteiger partial charge < -0.3 is 24.4 Å². The number of nitrogens with one attached hydrogen (secondary N) is 1. The summed E-state index contributed by atoms with van der Waals surface area (Å²) in [6.07, 6.45) is 3.27. The predicted octanol–water partition coefficient (Wildman–Crippen LogP) is 3.58. The first-order chi connectivity index (χ1) is 14.2. The van der Waals surface area contributed by atoms with Crippen molar-refractivity contribution in [2.75, 3.05) is 41.5 Å². The first-order valence-electron chi connectivity index (χ1n) is 9.69. The molecule has 0 unspecified atom stereocenters. The number of aliphatic imine (C=N–C) groups is 1. The van der Waals surface area contributed by atoms with E-state index < -0.39 is 0 Å². The van der Waals surface area contributed by atoms with Crippen LogP contribution in [0, 0.1) is 0 Å². The number of nitrogens with zero attached hydrogens (tertiary/aromatic N) is 2. The second kappa shape index (κ2) is 9.87. The lowest BCUT2D eigenvalue weighted by Gasteiger charge is -2.30. The van der Waals surface area contributed by atoms with Gasteiger partial charge in [0.1, 0.15) is 0 Å². The summed E-state index contributed by atoms with van der Waals surface area (Å²) in [7, 11) is 6.67. The van der Waals surface area contributed by atoms with E-state index in [0.29, 0.717) is 23.8 Å². The second-order valence-corrected chi connectivity index (χ2v) is 6.69. The summed E-state index contributed by atoms with van der Waals surface area (Å²) < 4.78 is 16.4.